The predicted octanol–water partition coefficient (Wildman–Crippen LogP) is 4.85. The third kappa shape index (κ3) is 5.89. The van der Waals surface area contributed by atoms with Gasteiger partial charge in [0.15, 0.2) is 0 Å². The topological polar surface area (TPSA) is 3.24 Å². The lowest BCUT2D eigenvalue weighted by atomic mass is 9.99. The van der Waals surface area contributed by atoms with Crippen molar-refractivity contribution in [3.63, 3.8) is 0 Å². The Bertz CT molecular complexity index is 136. The number of hydrogen-bond donors (Lipinski definition) is 0. The van der Waals surface area contributed by atoms with Crippen molar-refractivity contribution in [2.24, 2.45) is 0 Å². The van der Waals surface area contributed by atoms with Gasteiger partial charge in [-0.2, -0.15) is 0 Å². The fourth-order valence-corrected chi connectivity index (χ4v) is 2.76. The molecule has 0 saturated heterocycles. The highest BCUT2D eigenvalue weighted by atomic mass is 15.2. The molecule has 16 heavy (non-hydrogen) atoms. The largest absolute Gasteiger partial charge is 0.296 e. The van der Waals surface area contributed by atoms with Crippen LogP contribution in [0, 0.1) is 0 Å². The second-order valence-electron chi connectivity index (χ2n) is 5.57. The molecular weight excluding hydrogens is 194 g/mol. The average molecular weight is 227 g/mol. The van der Waals surface area contributed by atoms with Crippen molar-refractivity contribution >= 4 is 0 Å². The Morgan fingerprint density at radius 3 is 1.38 bits per heavy atom. The van der Waals surface area contributed by atoms with Crippen molar-refractivity contribution in [1.29, 1.82) is 0 Å². The molecule has 0 aliphatic carbocycles. The molecule has 0 N–H and O–H groups in total. The molecule has 0 spiro atoms. The average Bonchev–Trinajstić information content (AvgIpc) is 2.20. The smallest absolute Gasteiger partial charge is 0.0101 e. The van der Waals surface area contributed by atoms with E-state index in [1.165, 1.54) is 38.5 Å². The number of nitrogens with zero attached hydrogens (tertiary/aromatic N) is 1. The van der Waals surface area contributed by atoms with Gasteiger partial charge in [0.25, 0.3) is 0 Å². The first-order valence-corrected chi connectivity index (χ1v) is 7.31. The summed E-state index contributed by atoms with van der Waals surface area (Å²) in [4.78, 5) is 2.71. The van der Waals surface area contributed by atoms with E-state index < -0.39 is 0 Å². The molecule has 0 radical (unpaired) electrons. The van der Waals surface area contributed by atoms with E-state index in [2.05, 4.69) is 46.4 Å². The van der Waals surface area contributed by atoms with E-state index in [0.717, 1.165) is 6.04 Å². The van der Waals surface area contributed by atoms with Crippen LogP contribution in [0.2, 0.25) is 0 Å². The van der Waals surface area contributed by atoms with Gasteiger partial charge in [-0.25, -0.2) is 0 Å². The van der Waals surface area contributed by atoms with Crippen molar-refractivity contribution in [3.8, 4) is 0 Å². The number of hydrogen-bond acceptors (Lipinski definition) is 1. The number of unbranched alkanes of at least 4 members (excludes halogenated alkanes) is 2. The zero-order chi connectivity index (χ0) is 12.6. The van der Waals surface area contributed by atoms with Gasteiger partial charge in [0.1, 0.15) is 0 Å². The Kier molecular flexibility index (Phi) is 9.02. The Morgan fingerprint density at radius 2 is 1.12 bits per heavy atom. The summed E-state index contributed by atoms with van der Waals surface area (Å²) < 4.78 is 0. The zero-order valence-electron chi connectivity index (χ0n) is 12.4. The van der Waals surface area contributed by atoms with E-state index in [-0.39, 0.29) is 0 Å². The number of rotatable bonds is 9. The second kappa shape index (κ2) is 9.04. The van der Waals surface area contributed by atoms with Crippen molar-refractivity contribution in [3.05, 3.63) is 0 Å². The lowest BCUT2D eigenvalue weighted by molar-refractivity contribution is 0.0968. The fraction of sp³-hybridized carbons (Fsp3) is 1.00. The first-order valence-electron chi connectivity index (χ1n) is 7.31. The molecule has 0 bridgehead atoms. The van der Waals surface area contributed by atoms with Crippen LogP contribution in [0.1, 0.15) is 80.1 Å². The minimum absolute atomic E-state index is 0.679. The van der Waals surface area contributed by atoms with Gasteiger partial charge in [-0.15, -0.1) is 0 Å². The molecule has 0 amide bonds. The Labute approximate surface area is 104 Å². The molecule has 0 aromatic rings. The van der Waals surface area contributed by atoms with Gasteiger partial charge in [-0.3, -0.25) is 4.90 Å². The maximum Gasteiger partial charge on any atom is 0.0101 e. The minimum Gasteiger partial charge on any atom is -0.296 e. The lowest BCUT2D eigenvalue weighted by Crippen LogP contribution is -2.45. The maximum atomic E-state index is 2.71. The molecule has 0 heterocycles. The highest BCUT2D eigenvalue weighted by molar-refractivity contribution is 4.77. The van der Waals surface area contributed by atoms with Crippen LogP contribution in [-0.2, 0) is 0 Å². The quantitative estimate of drug-likeness (QED) is 0.544. The van der Waals surface area contributed by atoms with Gasteiger partial charge >= 0.3 is 0 Å². The van der Waals surface area contributed by atoms with Gasteiger partial charge < -0.3 is 0 Å². The van der Waals surface area contributed by atoms with Gasteiger partial charge in [-0.1, -0.05) is 39.5 Å². The van der Waals surface area contributed by atoms with E-state index in [0.29, 0.717) is 12.1 Å². The Morgan fingerprint density at radius 1 is 0.750 bits per heavy atom. The van der Waals surface area contributed by atoms with Crippen LogP contribution >= 0.6 is 0 Å². The lowest BCUT2D eigenvalue weighted by Gasteiger charge is -2.38. The van der Waals surface area contributed by atoms with E-state index in [4.69, 9.17) is 0 Å². The second-order valence-corrected chi connectivity index (χ2v) is 5.57. The van der Waals surface area contributed by atoms with Crippen LogP contribution in [0.15, 0.2) is 0 Å². The van der Waals surface area contributed by atoms with Crippen LogP contribution in [-0.4, -0.2) is 23.0 Å². The minimum atomic E-state index is 0.679. The van der Waals surface area contributed by atoms with Crippen LogP contribution in [0.25, 0.3) is 0 Å². The summed E-state index contributed by atoms with van der Waals surface area (Å²) in [5.41, 5.74) is 0. The first kappa shape index (κ1) is 16.0. The summed E-state index contributed by atoms with van der Waals surface area (Å²) in [7, 11) is 0. The van der Waals surface area contributed by atoms with E-state index in [1.807, 2.05) is 0 Å². The Balaban J connectivity index is 4.40. The molecule has 0 saturated carbocycles. The summed E-state index contributed by atoms with van der Waals surface area (Å²) >= 11 is 0. The zero-order valence-corrected chi connectivity index (χ0v) is 12.4. The molecule has 1 heteroatoms. The third-order valence-electron chi connectivity index (χ3n) is 3.40. The monoisotopic (exact) mass is 227 g/mol. The van der Waals surface area contributed by atoms with Crippen molar-refractivity contribution in [1.82, 2.24) is 4.90 Å². The molecular formula is C15H33N. The highest BCUT2D eigenvalue weighted by Gasteiger charge is 2.22. The summed E-state index contributed by atoms with van der Waals surface area (Å²) in [6.07, 6.45) is 8.17. The van der Waals surface area contributed by atoms with Gasteiger partial charge in [0, 0.05) is 18.1 Å². The van der Waals surface area contributed by atoms with Crippen molar-refractivity contribution in [2.75, 3.05) is 0 Å². The molecule has 0 aliphatic rings. The van der Waals surface area contributed by atoms with Crippen molar-refractivity contribution in [2.45, 2.75) is 98.2 Å². The highest BCUT2D eigenvalue weighted by Crippen LogP contribution is 2.20. The standard InChI is InChI=1S/C15H33N/c1-7-9-11-15(12-10-8-2)16(13(3)4)14(5)6/h13-15H,7-12H2,1-6H3. The normalized spacial score (nSPS) is 12.4. The molecule has 98 valence electrons. The molecule has 0 atom stereocenters. The first-order chi connectivity index (χ1) is 7.54. The maximum absolute atomic E-state index is 2.71. The van der Waals surface area contributed by atoms with Crippen molar-refractivity contribution < 1.29 is 0 Å². The Hall–Kier alpha value is -0.0400. The summed E-state index contributed by atoms with van der Waals surface area (Å²) in [5.74, 6) is 0. The molecule has 0 aromatic heterocycles. The van der Waals surface area contributed by atoms with E-state index in [1.54, 1.807) is 0 Å². The summed E-state index contributed by atoms with van der Waals surface area (Å²) in [6, 6.07) is 2.16. The molecule has 1 nitrogen and oxygen atoms in total. The van der Waals surface area contributed by atoms with Gasteiger partial charge in [-0.05, 0) is 40.5 Å². The van der Waals surface area contributed by atoms with Crippen LogP contribution in [0.3, 0.4) is 0 Å². The molecule has 0 fully saturated rings. The predicted molar refractivity (Wildman–Crippen MR) is 74.9 cm³/mol. The summed E-state index contributed by atoms with van der Waals surface area (Å²) in [6.45, 7) is 13.9. The molecule has 0 aromatic carbocycles. The molecule has 0 aliphatic heterocycles. The molecule has 0 unspecified atom stereocenters. The molecule has 0 rings (SSSR count). The van der Waals surface area contributed by atoms with E-state index in [9.17, 15) is 0 Å². The van der Waals surface area contributed by atoms with Crippen LogP contribution < -0.4 is 0 Å². The fourth-order valence-electron chi connectivity index (χ4n) is 2.76. The van der Waals surface area contributed by atoms with Crippen LogP contribution in [0.4, 0.5) is 0 Å². The van der Waals surface area contributed by atoms with Gasteiger partial charge in [0.05, 0.1) is 0 Å². The summed E-state index contributed by atoms with van der Waals surface area (Å²) in [5, 5.41) is 0. The van der Waals surface area contributed by atoms with Gasteiger partial charge in [0.2, 0.25) is 0 Å². The van der Waals surface area contributed by atoms with E-state index >= 15 is 0 Å². The van der Waals surface area contributed by atoms with Crippen LogP contribution in [0.5, 0.6) is 0 Å². The third-order valence-corrected chi connectivity index (χ3v) is 3.40. The SMILES string of the molecule is CCCCC(CCCC)N(C(C)C)C(C)C.